The zero-order chi connectivity index (χ0) is 28.1. The van der Waals surface area contributed by atoms with E-state index in [0.29, 0.717) is 23.3 Å². The van der Waals surface area contributed by atoms with Crippen molar-refractivity contribution in [3.05, 3.63) is 76.5 Å². The lowest BCUT2D eigenvalue weighted by Gasteiger charge is -2.60. The van der Waals surface area contributed by atoms with Gasteiger partial charge in [-0.2, -0.15) is 0 Å². The topological polar surface area (TPSA) is 38.3 Å². The van der Waals surface area contributed by atoms with E-state index in [2.05, 4.69) is 122 Å². The molecule has 1 aliphatic rings. The second kappa shape index (κ2) is 12.7. The van der Waals surface area contributed by atoms with Crippen LogP contribution in [0.25, 0.3) is 0 Å². The van der Waals surface area contributed by atoms with Crippen LogP contribution < -0.4 is 5.32 Å². The molecule has 0 aliphatic carbocycles. The summed E-state index contributed by atoms with van der Waals surface area (Å²) in [5.41, 5.74) is 3.91. The molecule has 3 rings (SSSR count). The van der Waals surface area contributed by atoms with E-state index < -0.39 is 0 Å². The Morgan fingerprint density at radius 2 is 1.34 bits per heavy atom. The van der Waals surface area contributed by atoms with Crippen LogP contribution in [0.5, 0.6) is 0 Å². The zero-order valence-electron chi connectivity index (χ0n) is 25.8. The Morgan fingerprint density at radius 3 is 1.87 bits per heavy atom. The fourth-order valence-electron chi connectivity index (χ4n) is 7.05. The van der Waals surface area contributed by atoms with Crippen LogP contribution in [0.4, 0.5) is 0 Å². The Balaban J connectivity index is 1.60. The van der Waals surface area contributed by atoms with Crippen molar-refractivity contribution < 1.29 is 0 Å². The van der Waals surface area contributed by atoms with Gasteiger partial charge in [-0.05, 0) is 114 Å². The standard InChI is InChI=1S/C35H55N2O/c1-10-27(30-15-13-12-14-16-30)21-22-33(4,5)23-28(11-2)31-19-17-29(18-20-31)26(3)36-32-24-34(6,7)37(38)35(8,9)25-32/h12-20,26-28,32,36H,10-11,21-25H2,1-9H3/q-1. The van der Waals surface area contributed by atoms with Gasteiger partial charge in [0.15, 0.2) is 0 Å². The summed E-state index contributed by atoms with van der Waals surface area (Å²) in [5.74, 6) is 1.24. The molecule has 0 radical (unpaired) electrons. The van der Waals surface area contributed by atoms with Gasteiger partial charge in [-0.3, -0.25) is 0 Å². The van der Waals surface area contributed by atoms with Gasteiger partial charge in [0.05, 0.1) is 0 Å². The second-order valence-corrected chi connectivity index (χ2v) is 14.1. The van der Waals surface area contributed by atoms with Gasteiger partial charge in [-0.25, -0.2) is 0 Å². The molecule has 0 spiro atoms. The molecular weight excluding hydrogens is 464 g/mol. The first kappa shape index (κ1) is 30.9. The number of nitrogens with one attached hydrogen (secondary N) is 1. The molecule has 0 saturated carbocycles. The highest BCUT2D eigenvalue weighted by Crippen LogP contribution is 2.41. The summed E-state index contributed by atoms with van der Waals surface area (Å²) in [6.45, 7) is 20.1. The molecule has 3 heteroatoms. The van der Waals surface area contributed by atoms with E-state index in [1.165, 1.54) is 53.9 Å². The Morgan fingerprint density at radius 1 is 0.842 bits per heavy atom. The minimum Gasteiger partial charge on any atom is -0.784 e. The molecule has 3 unspecified atom stereocenters. The highest BCUT2D eigenvalue weighted by atomic mass is 16.5. The maximum Gasteiger partial charge on any atom is 0.0294 e. The van der Waals surface area contributed by atoms with Crippen molar-refractivity contribution in [2.45, 2.75) is 142 Å². The van der Waals surface area contributed by atoms with Crippen molar-refractivity contribution in [3.8, 4) is 0 Å². The maximum absolute atomic E-state index is 12.7. The molecule has 2 aromatic rings. The number of hydrogen-bond donors (Lipinski definition) is 1. The molecule has 1 N–H and O–H groups in total. The third-order valence-corrected chi connectivity index (χ3v) is 9.21. The smallest absolute Gasteiger partial charge is 0.0294 e. The van der Waals surface area contributed by atoms with Gasteiger partial charge in [0.1, 0.15) is 0 Å². The molecule has 2 aromatic carbocycles. The second-order valence-electron chi connectivity index (χ2n) is 14.1. The van der Waals surface area contributed by atoms with Gasteiger partial charge in [-0.15, -0.1) is 0 Å². The summed E-state index contributed by atoms with van der Waals surface area (Å²) in [6.07, 6.45) is 7.85. The van der Waals surface area contributed by atoms with Gasteiger partial charge >= 0.3 is 0 Å². The van der Waals surface area contributed by atoms with Crippen LogP contribution in [0.15, 0.2) is 54.6 Å². The average Bonchev–Trinajstić information content (AvgIpc) is 2.86. The summed E-state index contributed by atoms with van der Waals surface area (Å²) >= 11 is 0. The Labute approximate surface area is 234 Å². The summed E-state index contributed by atoms with van der Waals surface area (Å²) in [6, 6.07) is 21.0. The lowest BCUT2D eigenvalue weighted by Crippen LogP contribution is -2.61. The summed E-state index contributed by atoms with van der Waals surface area (Å²) in [4.78, 5) is 0. The van der Waals surface area contributed by atoms with Crippen LogP contribution in [0.2, 0.25) is 0 Å². The zero-order valence-corrected chi connectivity index (χ0v) is 25.8. The molecule has 3 nitrogen and oxygen atoms in total. The first-order chi connectivity index (χ1) is 17.8. The maximum atomic E-state index is 12.7. The SMILES string of the molecule is CCC(CCC(C)(C)CC(CC)c1ccc(C(C)NC2CC(C)(C)N([O-])C(C)(C)C2)cc1)c1ccccc1. The molecule has 1 heterocycles. The van der Waals surface area contributed by atoms with E-state index in [1.807, 2.05) is 0 Å². The van der Waals surface area contributed by atoms with Crippen LogP contribution in [0.3, 0.4) is 0 Å². The predicted molar refractivity (Wildman–Crippen MR) is 165 cm³/mol. The molecule has 1 fully saturated rings. The molecule has 0 bridgehead atoms. The third-order valence-electron chi connectivity index (χ3n) is 9.21. The van der Waals surface area contributed by atoms with E-state index in [0.717, 1.165) is 12.8 Å². The summed E-state index contributed by atoms with van der Waals surface area (Å²) in [7, 11) is 0. The van der Waals surface area contributed by atoms with E-state index in [-0.39, 0.29) is 17.1 Å². The van der Waals surface area contributed by atoms with Crippen molar-refractivity contribution in [2.75, 3.05) is 0 Å². The molecule has 0 aromatic heterocycles. The van der Waals surface area contributed by atoms with Gasteiger partial charge in [0.25, 0.3) is 0 Å². The van der Waals surface area contributed by atoms with Crippen molar-refractivity contribution in [3.63, 3.8) is 0 Å². The fourth-order valence-corrected chi connectivity index (χ4v) is 7.05. The van der Waals surface area contributed by atoms with Crippen LogP contribution in [0.1, 0.15) is 142 Å². The number of benzene rings is 2. The number of rotatable bonds is 12. The first-order valence-corrected chi connectivity index (χ1v) is 15.2. The number of hydroxylamine groups is 2. The minimum atomic E-state index is -0.345. The lowest BCUT2D eigenvalue weighted by atomic mass is 9.74. The van der Waals surface area contributed by atoms with E-state index in [4.69, 9.17) is 0 Å². The van der Waals surface area contributed by atoms with Crippen LogP contribution in [-0.2, 0) is 0 Å². The highest BCUT2D eigenvalue weighted by Gasteiger charge is 2.40. The van der Waals surface area contributed by atoms with Crippen molar-refractivity contribution >= 4 is 0 Å². The normalized spacial score (nSPS) is 20.7. The van der Waals surface area contributed by atoms with Gasteiger partial charge in [0.2, 0.25) is 0 Å². The van der Waals surface area contributed by atoms with Crippen molar-refractivity contribution in [1.29, 1.82) is 0 Å². The fraction of sp³-hybridized carbons (Fsp3) is 0.657. The summed E-state index contributed by atoms with van der Waals surface area (Å²) in [5, 5.41) is 17.9. The molecule has 1 aliphatic heterocycles. The highest BCUT2D eigenvalue weighted by molar-refractivity contribution is 5.28. The Hall–Kier alpha value is -1.68. The van der Waals surface area contributed by atoms with Gasteiger partial charge in [-0.1, -0.05) is 82.3 Å². The predicted octanol–water partition coefficient (Wildman–Crippen LogP) is 9.74. The van der Waals surface area contributed by atoms with Crippen molar-refractivity contribution in [2.24, 2.45) is 5.41 Å². The van der Waals surface area contributed by atoms with E-state index in [1.54, 1.807) is 0 Å². The molecular formula is C35H55N2O-. The number of piperidine rings is 1. The molecule has 3 atom stereocenters. The van der Waals surface area contributed by atoms with Crippen LogP contribution in [-0.4, -0.2) is 22.2 Å². The van der Waals surface area contributed by atoms with Crippen molar-refractivity contribution in [1.82, 2.24) is 10.4 Å². The number of hydrogen-bond acceptors (Lipinski definition) is 3. The van der Waals surface area contributed by atoms with E-state index in [9.17, 15) is 5.21 Å². The summed E-state index contributed by atoms with van der Waals surface area (Å²) < 4.78 is 0. The number of nitrogens with zero attached hydrogens (tertiary/aromatic N) is 1. The average molecular weight is 520 g/mol. The van der Waals surface area contributed by atoms with Gasteiger partial charge in [0, 0.05) is 23.2 Å². The lowest BCUT2D eigenvalue weighted by molar-refractivity contribution is -0.000394. The van der Waals surface area contributed by atoms with Gasteiger partial charge < -0.3 is 15.6 Å². The quantitative estimate of drug-likeness (QED) is 0.303. The van der Waals surface area contributed by atoms with Crippen LogP contribution >= 0.6 is 0 Å². The first-order valence-electron chi connectivity index (χ1n) is 15.2. The monoisotopic (exact) mass is 519 g/mol. The minimum absolute atomic E-state index is 0.263. The Bertz CT molecular complexity index is 961. The third kappa shape index (κ3) is 7.93. The molecule has 1 saturated heterocycles. The van der Waals surface area contributed by atoms with Crippen LogP contribution in [0, 0.1) is 10.6 Å². The molecule has 212 valence electrons. The van der Waals surface area contributed by atoms with E-state index >= 15 is 0 Å². The largest absolute Gasteiger partial charge is 0.784 e. The molecule has 0 amide bonds. The molecule has 38 heavy (non-hydrogen) atoms. The Kier molecular flexibility index (Phi) is 10.3.